The van der Waals surface area contributed by atoms with Gasteiger partial charge in [0.2, 0.25) is 0 Å². The van der Waals surface area contributed by atoms with E-state index in [0.717, 1.165) is 9.52 Å². The minimum atomic E-state index is 0. The van der Waals surface area contributed by atoms with Gasteiger partial charge in [-0.1, -0.05) is 39.1 Å². The monoisotopic (exact) mass is 526 g/mol. The molecule has 0 unspecified atom stereocenters. The predicted molar refractivity (Wildman–Crippen MR) is 119 cm³/mol. The van der Waals surface area contributed by atoms with Gasteiger partial charge in [-0.05, 0) is 0 Å². The van der Waals surface area contributed by atoms with E-state index >= 15 is 0 Å². The predicted octanol–water partition coefficient (Wildman–Crippen LogP) is 7.42. The first-order valence-electron chi connectivity index (χ1n) is 7.96. The van der Waals surface area contributed by atoms with Gasteiger partial charge >= 0.3 is 25.8 Å². The van der Waals surface area contributed by atoms with Crippen molar-refractivity contribution in [3.05, 3.63) is 98.8 Å². The van der Waals surface area contributed by atoms with E-state index in [1.807, 2.05) is 0 Å². The number of rotatable bonds is 0. The Kier molecular flexibility index (Phi) is 14.4. The number of fused-ring (bicyclic) bond motifs is 2. The Hall–Kier alpha value is -1.25. The molecule has 0 atom stereocenters. The van der Waals surface area contributed by atoms with Gasteiger partial charge in [-0.15, -0.1) is 81.2 Å². The fraction of sp³-hybridized carbons (Fsp3) is 0.167. The van der Waals surface area contributed by atoms with E-state index < -0.39 is 0 Å². The van der Waals surface area contributed by atoms with Gasteiger partial charge in [0.1, 0.15) is 0 Å². The molecule has 2 radical (unpaired) electrons. The van der Waals surface area contributed by atoms with E-state index in [9.17, 15) is 0 Å². The van der Waals surface area contributed by atoms with Crippen molar-refractivity contribution in [3.63, 3.8) is 0 Å². The van der Waals surface area contributed by atoms with Gasteiger partial charge in [0.25, 0.3) is 0 Å². The molecule has 4 aromatic rings. The van der Waals surface area contributed by atoms with Crippen LogP contribution in [0.3, 0.4) is 0 Å². The second-order valence-electron chi connectivity index (χ2n) is 5.82. The second kappa shape index (κ2) is 13.9. The molecule has 0 heterocycles. The number of benzene rings is 2. The maximum Gasteiger partial charge on any atom is 4.00 e. The Labute approximate surface area is 182 Å². The standard InChI is InChI=1S/2C10H9.C2H6Si.2CH3.Hf/c2*1-8-6-9-4-2-3-5-10(9)7-8;1-3-2;;;/h2*2-7H,1H3;1-2H3;2*1H3;/q2*-1;;2*-1;+4. The Morgan fingerprint density at radius 1 is 0.654 bits per heavy atom. The van der Waals surface area contributed by atoms with Crippen molar-refractivity contribution in [3.8, 4) is 0 Å². The molecule has 0 aliphatic carbocycles. The molecule has 0 bridgehead atoms. The maximum absolute atomic E-state index is 2.20. The largest absolute Gasteiger partial charge is 4.00 e. The topological polar surface area (TPSA) is 0 Å². The van der Waals surface area contributed by atoms with Crippen LogP contribution in [-0.2, 0) is 25.8 Å². The molecule has 0 nitrogen and oxygen atoms in total. The fourth-order valence-electron chi connectivity index (χ4n) is 2.61. The van der Waals surface area contributed by atoms with E-state index in [2.05, 4.69) is 99.7 Å². The molecule has 0 saturated heterocycles. The molecule has 4 rings (SSSR count). The summed E-state index contributed by atoms with van der Waals surface area (Å²) in [6.45, 7) is 8.56. The number of aryl methyl sites for hydroxylation is 2. The summed E-state index contributed by atoms with van der Waals surface area (Å²) in [6, 6.07) is 25.7. The van der Waals surface area contributed by atoms with Gasteiger partial charge in [-0.25, -0.2) is 0 Å². The van der Waals surface area contributed by atoms with Gasteiger partial charge in [0.05, 0.1) is 0 Å². The molecule has 0 saturated carbocycles. The average molecular weight is 525 g/mol. The molecule has 0 spiro atoms. The Balaban J connectivity index is 0. The van der Waals surface area contributed by atoms with Crippen LogP contribution in [0, 0.1) is 28.7 Å². The van der Waals surface area contributed by atoms with E-state index in [1.54, 1.807) is 0 Å². The van der Waals surface area contributed by atoms with Crippen LogP contribution in [0.2, 0.25) is 13.1 Å². The molecule has 0 aliphatic rings. The van der Waals surface area contributed by atoms with Gasteiger partial charge < -0.3 is 14.9 Å². The van der Waals surface area contributed by atoms with Gasteiger partial charge in [-0.2, -0.15) is 12.1 Å². The maximum atomic E-state index is 2.20. The van der Waals surface area contributed by atoms with Crippen LogP contribution in [-0.4, -0.2) is 9.52 Å². The second-order valence-corrected chi connectivity index (χ2v) is 6.82. The van der Waals surface area contributed by atoms with E-state index in [1.165, 1.54) is 32.7 Å². The van der Waals surface area contributed by atoms with Crippen LogP contribution >= 0.6 is 0 Å². The van der Waals surface area contributed by atoms with Crippen molar-refractivity contribution in [2.24, 2.45) is 0 Å². The van der Waals surface area contributed by atoms with Crippen LogP contribution in [0.25, 0.3) is 21.5 Å². The Bertz CT molecular complexity index is 717. The zero-order valence-electron chi connectivity index (χ0n) is 16.9. The Morgan fingerprint density at radius 2 is 0.962 bits per heavy atom. The third-order valence-corrected chi connectivity index (χ3v) is 3.52. The van der Waals surface area contributed by atoms with E-state index in [-0.39, 0.29) is 40.7 Å². The van der Waals surface area contributed by atoms with Crippen molar-refractivity contribution in [2.75, 3.05) is 0 Å². The molecule has 0 aliphatic heterocycles. The van der Waals surface area contributed by atoms with Crippen molar-refractivity contribution < 1.29 is 25.8 Å². The molecule has 2 heteroatoms. The quantitative estimate of drug-likeness (QED) is 0.166. The summed E-state index contributed by atoms with van der Waals surface area (Å²) in [6.07, 6.45) is 0. The van der Waals surface area contributed by atoms with Gasteiger partial charge in [0, 0.05) is 9.52 Å². The van der Waals surface area contributed by atoms with Gasteiger partial charge in [-0.3, -0.25) is 0 Å². The van der Waals surface area contributed by atoms with Crippen molar-refractivity contribution >= 4 is 31.1 Å². The molecule has 0 amide bonds. The summed E-state index contributed by atoms with van der Waals surface area (Å²) in [5, 5.41) is 5.39. The molecule has 4 aromatic carbocycles. The van der Waals surface area contributed by atoms with Crippen molar-refractivity contribution in [1.82, 2.24) is 0 Å². The summed E-state index contributed by atoms with van der Waals surface area (Å²) >= 11 is 0. The van der Waals surface area contributed by atoms with Crippen LogP contribution in [0.4, 0.5) is 0 Å². The molecule has 0 aromatic heterocycles. The van der Waals surface area contributed by atoms with Crippen LogP contribution in [0.1, 0.15) is 11.1 Å². The first kappa shape index (κ1) is 27.0. The summed E-state index contributed by atoms with van der Waals surface area (Å²) in [7, 11) is 1.08. The zero-order valence-corrected chi connectivity index (χ0v) is 21.5. The average Bonchev–Trinajstić information content (AvgIpc) is 3.08. The molecule has 134 valence electrons. The molecular weight excluding hydrogens is 495 g/mol. The molecule has 26 heavy (non-hydrogen) atoms. The van der Waals surface area contributed by atoms with Crippen LogP contribution in [0.15, 0.2) is 72.8 Å². The fourth-order valence-corrected chi connectivity index (χ4v) is 2.61. The minimum absolute atomic E-state index is 0. The first-order chi connectivity index (χ1) is 11.1. The number of hydrogen-bond donors (Lipinski definition) is 0. The molecular formula is C24H30HfSi. The zero-order chi connectivity index (χ0) is 16.7. The van der Waals surface area contributed by atoms with Crippen molar-refractivity contribution in [1.29, 1.82) is 0 Å². The van der Waals surface area contributed by atoms with Crippen LogP contribution < -0.4 is 0 Å². The normalized spacial score (nSPS) is 8.77. The minimum Gasteiger partial charge on any atom is -0.358 e. The summed E-state index contributed by atoms with van der Waals surface area (Å²) in [5.74, 6) is 0. The summed E-state index contributed by atoms with van der Waals surface area (Å²) < 4.78 is 0. The summed E-state index contributed by atoms with van der Waals surface area (Å²) in [4.78, 5) is 0. The SMILES string of the molecule is C[Si]C.Cc1cc2ccccc2[cH-]1.Cc1cc2ccccc2[cH-]1.[CH3-].[CH3-].[Hf+4]. The van der Waals surface area contributed by atoms with Gasteiger partial charge in [0.15, 0.2) is 0 Å². The summed E-state index contributed by atoms with van der Waals surface area (Å²) in [5.41, 5.74) is 2.70. The molecule has 0 fully saturated rings. The smallest absolute Gasteiger partial charge is 0.358 e. The van der Waals surface area contributed by atoms with Crippen LogP contribution in [0.5, 0.6) is 0 Å². The third-order valence-electron chi connectivity index (χ3n) is 3.52. The third kappa shape index (κ3) is 7.97. The molecule has 0 N–H and O–H groups in total. The number of hydrogen-bond acceptors (Lipinski definition) is 0. The first-order valence-corrected chi connectivity index (χ1v) is 9.96. The van der Waals surface area contributed by atoms with E-state index in [4.69, 9.17) is 0 Å². The Morgan fingerprint density at radius 3 is 1.27 bits per heavy atom. The van der Waals surface area contributed by atoms with E-state index in [0.29, 0.717) is 0 Å². The van der Waals surface area contributed by atoms with Crippen molar-refractivity contribution in [2.45, 2.75) is 26.9 Å².